The number of fused-ring (bicyclic) bond motifs is 1. The zero-order valence-corrected chi connectivity index (χ0v) is 37.4. The normalized spacial score (nSPS) is 30.4. The first-order chi connectivity index (χ1) is 24.0. The second-order valence-corrected chi connectivity index (χ2v) is 29.6. The minimum absolute atomic E-state index is 0.0208. The number of unbranched alkanes of at least 4 members (excludes halogenated alkanes) is 1. The van der Waals surface area contributed by atoms with Gasteiger partial charge in [0.2, 0.25) is 0 Å². The number of allylic oxidation sites excluding steroid dienone is 4. The smallest absolute Gasteiger partial charge is 0.408 e. The summed E-state index contributed by atoms with van der Waals surface area (Å²) < 4.78 is 19.8. The zero-order valence-electron chi connectivity index (χ0n) is 35.4. The van der Waals surface area contributed by atoms with E-state index in [0.29, 0.717) is 31.2 Å². The van der Waals surface area contributed by atoms with Gasteiger partial charge in [0.05, 0.1) is 12.2 Å². The summed E-state index contributed by atoms with van der Waals surface area (Å²) in [5.41, 5.74) is 3.22. The van der Waals surface area contributed by atoms with Gasteiger partial charge in [0.25, 0.3) is 0 Å². The van der Waals surface area contributed by atoms with Crippen LogP contribution in [0, 0.1) is 23.2 Å². The van der Waals surface area contributed by atoms with E-state index in [9.17, 15) is 9.59 Å². The van der Waals surface area contributed by atoms with Gasteiger partial charge in [0, 0.05) is 13.0 Å². The number of ether oxygens (including phenoxy) is 1. The van der Waals surface area contributed by atoms with Crippen LogP contribution in [0.4, 0.5) is 4.79 Å². The summed E-state index contributed by atoms with van der Waals surface area (Å²) in [6.45, 7) is 35.4. The van der Waals surface area contributed by atoms with Crippen molar-refractivity contribution in [2.75, 3.05) is 6.54 Å². The molecule has 0 radical (unpaired) electrons. The molecular weight excluding hydrogens is 679 g/mol. The maximum atomic E-state index is 13.3. The van der Waals surface area contributed by atoms with Gasteiger partial charge in [-0.15, -0.1) is 0 Å². The van der Waals surface area contributed by atoms with E-state index in [-0.39, 0.29) is 39.4 Å². The van der Waals surface area contributed by atoms with Crippen LogP contribution in [-0.4, -0.2) is 52.9 Å². The highest BCUT2D eigenvalue weighted by Crippen LogP contribution is 2.59. The fourth-order valence-corrected chi connectivity index (χ4v) is 11.2. The molecule has 6 atom stereocenters. The number of carbonyl (C=O) groups is 2. The first-order valence-electron chi connectivity index (χ1n) is 20.6. The van der Waals surface area contributed by atoms with Crippen LogP contribution in [0.5, 0.6) is 0 Å². The molecule has 0 aromatic carbocycles. The van der Waals surface area contributed by atoms with Crippen LogP contribution in [0.25, 0.3) is 0 Å². The molecule has 6 nitrogen and oxygen atoms in total. The van der Waals surface area contributed by atoms with Crippen LogP contribution in [0.2, 0.25) is 36.3 Å². The number of carbonyl (C=O) groups excluding carboxylic acids is 2. The number of hydrogen-bond donors (Lipinski definition) is 1. The minimum atomic E-state index is -2.02. The number of hydrogen-bond acceptors (Lipinski definition) is 5. The van der Waals surface area contributed by atoms with Crippen molar-refractivity contribution < 1.29 is 23.2 Å². The second kappa shape index (κ2) is 16.2. The fraction of sp³-hybridized carbons (Fsp3) is 0.773. The molecule has 4 rings (SSSR count). The van der Waals surface area contributed by atoms with Crippen molar-refractivity contribution in [3.63, 3.8) is 0 Å². The van der Waals surface area contributed by atoms with Crippen LogP contribution < -0.4 is 5.32 Å². The molecule has 0 aliphatic heterocycles. The second-order valence-electron chi connectivity index (χ2n) is 20.1. The third kappa shape index (κ3) is 9.73. The average molecular weight is 754 g/mol. The standard InChI is InChI=1S/C44H75NO5Si2/c1-15-16-28-45-40(47)48-44(26-27-44)39(46)24-19-31(2)36-22-23-37-33(18-17-25-43(36,37)10)20-21-34-29-35(49-51(11,12)41(4,5)6)30-38(32(34)3)50-52(13,14)42(7,8)9/h19-21,24,31,35-38H,3,15-18,22-23,25-30H2,1-2,4-14H3,(H,45,47)/b24-19?,33-20?,34-21-/t31-,35?,36-,37+,38?,43-/m1/s1. The van der Waals surface area contributed by atoms with E-state index in [0.717, 1.165) is 44.1 Å². The van der Waals surface area contributed by atoms with Crippen molar-refractivity contribution in [1.29, 1.82) is 0 Å². The summed E-state index contributed by atoms with van der Waals surface area (Å²) in [7, 11) is -4.00. The van der Waals surface area contributed by atoms with Gasteiger partial charge in [-0.1, -0.05) is 99.1 Å². The van der Waals surface area contributed by atoms with Crippen molar-refractivity contribution >= 4 is 28.5 Å². The highest BCUT2D eigenvalue weighted by molar-refractivity contribution is 6.74. The van der Waals surface area contributed by atoms with E-state index in [2.05, 4.69) is 119 Å². The molecule has 0 aromatic heterocycles. The Bertz CT molecular complexity index is 1410. The monoisotopic (exact) mass is 754 g/mol. The van der Waals surface area contributed by atoms with Crippen LogP contribution >= 0.6 is 0 Å². The van der Waals surface area contributed by atoms with Crippen LogP contribution in [0.1, 0.15) is 133 Å². The first-order valence-corrected chi connectivity index (χ1v) is 26.4. The fourth-order valence-electron chi connectivity index (χ4n) is 8.53. The van der Waals surface area contributed by atoms with E-state index in [1.54, 1.807) is 11.6 Å². The molecule has 1 N–H and O–H groups in total. The molecule has 0 bridgehead atoms. The molecule has 2 unspecified atom stereocenters. The lowest BCUT2D eigenvalue weighted by Gasteiger charge is -2.45. The summed E-state index contributed by atoms with van der Waals surface area (Å²) >= 11 is 0. The molecule has 4 aliphatic carbocycles. The van der Waals surface area contributed by atoms with Crippen molar-refractivity contribution in [1.82, 2.24) is 5.32 Å². The quantitative estimate of drug-likeness (QED) is 0.115. The average Bonchev–Trinajstić information content (AvgIpc) is 3.71. The number of alkyl carbamates (subject to hydrolysis) is 1. The molecule has 1 amide bonds. The summed E-state index contributed by atoms with van der Waals surface area (Å²) in [5, 5.41) is 3.05. The molecule has 4 aliphatic rings. The highest BCUT2D eigenvalue weighted by Gasteiger charge is 2.54. The molecule has 0 aromatic rings. The van der Waals surface area contributed by atoms with Crippen molar-refractivity contribution in [3.8, 4) is 0 Å². The van der Waals surface area contributed by atoms with E-state index in [4.69, 9.17) is 13.6 Å². The minimum Gasteiger partial charge on any atom is -0.435 e. The van der Waals surface area contributed by atoms with Gasteiger partial charge in [-0.2, -0.15) is 0 Å². The van der Waals surface area contributed by atoms with E-state index in [1.165, 1.54) is 24.8 Å². The Morgan fingerprint density at radius 1 is 0.981 bits per heavy atom. The molecule has 52 heavy (non-hydrogen) atoms. The van der Waals surface area contributed by atoms with Crippen LogP contribution in [0.3, 0.4) is 0 Å². The lowest BCUT2D eigenvalue weighted by Crippen LogP contribution is -2.49. The molecule has 0 heterocycles. The van der Waals surface area contributed by atoms with E-state index >= 15 is 0 Å². The summed E-state index contributed by atoms with van der Waals surface area (Å²) in [5.74, 6) is 1.24. The Morgan fingerprint density at radius 2 is 1.62 bits per heavy atom. The molecule has 8 heteroatoms. The van der Waals surface area contributed by atoms with Gasteiger partial charge in [-0.05, 0) is 134 Å². The van der Waals surface area contributed by atoms with Gasteiger partial charge in [-0.3, -0.25) is 4.79 Å². The third-order valence-corrected chi connectivity index (χ3v) is 23.2. The SMILES string of the molecule is C=C1/C(=C\C=C2CCC[C@]3(C)[C@@H]([C@H](C)C=CC(=O)C4(OC(=O)NCCCC)CC4)CC[C@@H]23)CC(O[Si](C)(C)C(C)(C)C)CC1O[Si](C)(C)C(C)(C)C. The first kappa shape index (κ1) is 43.0. The predicted octanol–water partition coefficient (Wildman–Crippen LogP) is 12.0. The molecule has 0 spiro atoms. The van der Waals surface area contributed by atoms with Crippen molar-refractivity contribution in [2.24, 2.45) is 23.2 Å². The van der Waals surface area contributed by atoms with Crippen molar-refractivity contribution in [3.05, 3.63) is 47.6 Å². The van der Waals surface area contributed by atoms with Gasteiger partial charge in [0.1, 0.15) is 0 Å². The molecule has 294 valence electrons. The Balaban J connectivity index is 1.51. The Kier molecular flexibility index (Phi) is 13.4. The van der Waals surface area contributed by atoms with Gasteiger partial charge >= 0.3 is 6.09 Å². The third-order valence-electron chi connectivity index (χ3n) is 14.2. The van der Waals surface area contributed by atoms with Gasteiger partial charge in [-0.25, -0.2) is 4.79 Å². The Labute approximate surface area is 320 Å². The summed E-state index contributed by atoms with van der Waals surface area (Å²) in [4.78, 5) is 25.6. The van der Waals surface area contributed by atoms with Crippen LogP contribution in [0.15, 0.2) is 47.6 Å². The number of ketones is 1. The Morgan fingerprint density at radius 3 is 2.21 bits per heavy atom. The van der Waals surface area contributed by atoms with E-state index in [1.807, 2.05) is 0 Å². The summed E-state index contributed by atoms with van der Waals surface area (Å²) in [6, 6.07) is 0. The predicted molar refractivity (Wildman–Crippen MR) is 222 cm³/mol. The lowest BCUT2D eigenvalue weighted by atomic mass is 9.61. The zero-order chi connectivity index (χ0) is 38.9. The highest BCUT2D eigenvalue weighted by atomic mass is 28.4. The maximum Gasteiger partial charge on any atom is 0.408 e. The molecule has 4 fully saturated rings. The van der Waals surface area contributed by atoms with Crippen molar-refractivity contribution in [2.45, 2.75) is 187 Å². The Hall–Kier alpha value is -1.75. The van der Waals surface area contributed by atoms with Gasteiger partial charge in [0.15, 0.2) is 28.0 Å². The number of amides is 1. The van der Waals surface area contributed by atoms with Gasteiger partial charge < -0.3 is 18.9 Å². The number of nitrogens with one attached hydrogen (secondary N) is 1. The topological polar surface area (TPSA) is 73.9 Å². The largest absolute Gasteiger partial charge is 0.435 e. The maximum absolute atomic E-state index is 13.3. The van der Waals surface area contributed by atoms with E-state index < -0.39 is 28.3 Å². The summed E-state index contributed by atoms with van der Waals surface area (Å²) in [6.07, 6.45) is 19.1. The van der Waals surface area contributed by atoms with Crippen LogP contribution in [-0.2, 0) is 18.4 Å². The number of rotatable bonds is 13. The lowest BCUT2D eigenvalue weighted by molar-refractivity contribution is -0.124. The molecule has 4 saturated carbocycles. The molecule has 0 saturated heterocycles. The molecular formula is C44H75NO5Si2.